The molecule has 2 aromatic rings. The number of Topliss-reactive ketones (excluding diaryl/α,β-unsaturated/α-hetero) is 1. The molecule has 0 amide bonds. The van der Waals surface area contributed by atoms with Crippen LogP contribution in [0.3, 0.4) is 0 Å². The van der Waals surface area contributed by atoms with Crippen molar-refractivity contribution in [3.63, 3.8) is 0 Å². The second-order valence-corrected chi connectivity index (χ2v) is 7.97. The molecule has 1 aliphatic carbocycles. The number of aryl methyl sites for hydroxylation is 4. The van der Waals surface area contributed by atoms with E-state index in [2.05, 4.69) is 9.97 Å². The predicted molar refractivity (Wildman–Crippen MR) is 110 cm³/mol. The molecule has 1 aromatic carbocycles. The minimum atomic E-state index is -0.788. The van der Waals surface area contributed by atoms with Crippen LogP contribution in [0, 0.1) is 13.8 Å². The SMILES string of the molecule is CSc1nc(C)c(CCC(=O)O[C@H](C)C(=O)c2ccc3c(c2)CCC3)c(C)n1. The molecule has 0 spiro atoms. The molecule has 3 rings (SSSR count). The van der Waals surface area contributed by atoms with E-state index in [-0.39, 0.29) is 18.2 Å². The number of carbonyl (C=O) groups is 2. The maximum absolute atomic E-state index is 12.6. The Hall–Kier alpha value is -2.21. The molecule has 148 valence electrons. The zero-order chi connectivity index (χ0) is 20.3. The van der Waals surface area contributed by atoms with Crippen molar-refractivity contribution in [3.05, 3.63) is 51.8 Å². The quantitative estimate of drug-likeness (QED) is 0.303. The van der Waals surface area contributed by atoms with Crippen molar-refractivity contribution in [2.24, 2.45) is 0 Å². The highest BCUT2D eigenvalue weighted by Gasteiger charge is 2.22. The fourth-order valence-corrected chi connectivity index (χ4v) is 4.11. The Balaban J connectivity index is 1.58. The number of aromatic nitrogens is 2. The van der Waals surface area contributed by atoms with Crippen molar-refractivity contribution in [3.8, 4) is 0 Å². The van der Waals surface area contributed by atoms with E-state index in [1.807, 2.05) is 38.3 Å². The van der Waals surface area contributed by atoms with Gasteiger partial charge in [-0.25, -0.2) is 9.97 Å². The van der Waals surface area contributed by atoms with Gasteiger partial charge in [-0.2, -0.15) is 0 Å². The molecule has 0 saturated heterocycles. The number of fused-ring (bicyclic) bond motifs is 1. The highest BCUT2D eigenvalue weighted by molar-refractivity contribution is 7.98. The van der Waals surface area contributed by atoms with Gasteiger partial charge in [0.1, 0.15) is 0 Å². The minimum Gasteiger partial charge on any atom is -0.454 e. The third-order valence-corrected chi connectivity index (χ3v) is 5.77. The van der Waals surface area contributed by atoms with E-state index in [0.29, 0.717) is 12.0 Å². The van der Waals surface area contributed by atoms with Gasteiger partial charge in [-0.1, -0.05) is 23.9 Å². The molecule has 0 aliphatic heterocycles. The van der Waals surface area contributed by atoms with Gasteiger partial charge in [0.25, 0.3) is 0 Å². The van der Waals surface area contributed by atoms with Crippen molar-refractivity contribution < 1.29 is 14.3 Å². The van der Waals surface area contributed by atoms with Gasteiger partial charge in [0, 0.05) is 23.4 Å². The number of carbonyl (C=O) groups excluding carboxylic acids is 2. The van der Waals surface area contributed by atoms with Gasteiger partial charge in [-0.15, -0.1) is 0 Å². The van der Waals surface area contributed by atoms with Gasteiger partial charge in [0.2, 0.25) is 5.78 Å². The summed E-state index contributed by atoms with van der Waals surface area (Å²) in [4.78, 5) is 33.8. The smallest absolute Gasteiger partial charge is 0.306 e. The molecule has 0 N–H and O–H groups in total. The summed E-state index contributed by atoms with van der Waals surface area (Å²) in [5.41, 5.74) is 5.91. The summed E-state index contributed by atoms with van der Waals surface area (Å²) < 4.78 is 5.40. The first-order valence-corrected chi connectivity index (χ1v) is 10.8. The van der Waals surface area contributed by atoms with E-state index in [1.165, 1.54) is 22.9 Å². The lowest BCUT2D eigenvalue weighted by molar-refractivity contribution is -0.146. The van der Waals surface area contributed by atoms with Crippen molar-refractivity contribution in [1.82, 2.24) is 9.97 Å². The van der Waals surface area contributed by atoms with Crippen LogP contribution in [0.25, 0.3) is 0 Å². The topological polar surface area (TPSA) is 69.2 Å². The molecule has 0 fully saturated rings. The summed E-state index contributed by atoms with van der Waals surface area (Å²) in [6.45, 7) is 5.49. The first kappa shape index (κ1) is 20.5. The van der Waals surface area contributed by atoms with Crippen LogP contribution in [-0.2, 0) is 28.8 Å². The van der Waals surface area contributed by atoms with E-state index in [0.717, 1.165) is 41.4 Å². The number of thioether (sulfide) groups is 1. The predicted octanol–water partition coefficient (Wildman–Crippen LogP) is 4.05. The lowest BCUT2D eigenvalue weighted by Crippen LogP contribution is -2.24. The van der Waals surface area contributed by atoms with Gasteiger partial charge < -0.3 is 4.74 Å². The first-order valence-electron chi connectivity index (χ1n) is 9.62. The van der Waals surface area contributed by atoms with Crippen molar-refractivity contribution in [1.29, 1.82) is 0 Å². The summed E-state index contributed by atoms with van der Waals surface area (Å²) in [7, 11) is 0. The van der Waals surface area contributed by atoms with Crippen molar-refractivity contribution in [2.45, 2.75) is 64.1 Å². The molecule has 1 aromatic heterocycles. The third kappa shape index (κ3) is 4.61. The molecule has 1 heterocycles. The van der Waals surface area contributed by atoms with Crippen LogP contribution in [0.5, 0.6) is 0 Å². The van der Waals surface area contributed by atoms with Gasteiger partial charge in [0.05, 0.1) is 0 Å². The normalized spacial score (nSPS) is 13.9. The Morgan fingerprint density at radius 1 is 1.14 bits per heavy atom. The Bertz CT molecular complexity index is 888. The maximum atomic E-state index is 12.6. The fraction of sp³-hybridized carbons (Fsp3) is 0.455. The molecule has 0 radical (unpaired) electrons. The summed E-state index contributed by atoms with van der Waals surface area (Å²) >= 11 is 1.50. The number of ether oxygens (including phenoxy) is 1. The van der Waals surface area contributed by atoms with Crippen LogP contribution in [-0.4, -0.2) is 34.1 Å². The zero-order valence-corrected chi connectivity index (χ0v) is 17.7. The average Bonchev–Trinajstić information content (AvgIpc) is 3.14. The van der Waals surface area contributed by atoms with Crippen molar-refractivity contribution in [2.75, 3.05) is 6.26 Å². The monoisotopic (exact) mass is 398 g/mol. The highest BCUT2D eigenvalue weighted by Crippen LogP contribution is 2.24. The van der Waals surface area contributed by atoms with Crippen LogP contribution in [0.15, 0.2) is 23.4 Å². The fourth-order valence-electron chi connectivity index (χ4n) is 3.66. The van der Waals surface area contributed by atoms with Gasteiger partial charge >= 0.3 is 5.97 Å². The molecular formula is C22H26N2O3S. The van der Waals surface area contributed by atoms with Crippen LogP contribution >= 0.6 is 11.8 Å². The maximum Gasteiger partial charge on any atom is 0.306 e. The Morgan fingerprint density at radius 3 is 2.50 bits per heavy atom. The number of hydrogen-bond acceptors (Lipinski definition) is 6. The molecule has 6 heteroatoms. The second-order valence-electron chi connectivity index (χ2n) is 7.19. The lowest BCUT2D eigenvalue weighted by atomic mass is 10.0. The van der Waals surface area contributed by atoms with E-state index in [9.17, 15) is 9.59 Å². The molecule has 1 aliphatic rings. The van der Waals surface area contributed by atoms with Crippen LogP contribution in [0.4, 0.5) is 0 Å². The number of nitrogens with zero attached hydrogens (tertiary/aromatic N) is 2. The van der Waals surface area contributed by atoms with E-state index in [1.54, 1.807) is 6.92 Å². The van der Waals surface area contributed by atoms with Crippen LogP contribution in [0.1, 0.15) is 58.2 Å². The second kappa shape index (κ2) is 8.86. The van der Waals surface area contributed by atoms with E-state index in [4.69, 9.17) is 4.74 Å². The standard InChI is InChI=1S/C22H26N2O3S/c1-13-19(14(2)24-22(23-13)28-4)10-11-20(25)27-15(3)21(26)18-9-8-16-6-5-7-17(16)12-18/h8-9,12,15H,5-7,10-11H2,1-4H3/t15-/m1/s1. The molecule has 5 nitrogen and oxygen atoms in total. The van der Waals surface area contributed by atoms with Crippen LogP contribution < -0.4 is 0 Å². The highest BCUT2D eigenvalue weighted by atomic mass is 32.2. The zero-order valence-electron chi connectivity index (χ0n) is 16.9. The molecule has 1 atom stereocenters. The third-order valence-electron chi connectivity index (χ3n) is 5.22. The number of benzene rings is 1. The first-order chi connectivity index (χ1) is 13.4. The summed E-state index contributed by atoms with van der Waals surface area (Å²) in [5, 5.41) is 0.731. The summed E-state index contributed by atoms with van der Waals surface area (Å²) in [6.07, 6.45) is 5.08. The van der Waals surface area contributed by atoms with Crippen LogP contribution in [0.2, 0.25) is 0 Å². The number of hydrogen-bond donors (Lipinski definition) is 0. The number of esters is 1. The molecule has 0 saturated carbocycles. The Kier molecular flexibility index (Phi) is 6.50. The molecular weight excluding hydrogens is 372 g/mol. The van der Waals surface area contributed by atoms with E-state index < -0.39 is 6.10 Å². The number of rotatable bonds is 7. The summed E-state index contributed by atoms with van der Waals surface area (Å²) in [6, 6.07) is 5.81. The molecule has 0 bridgehead atoms. The molecule has 28 heavy (non-hydrogen) atoms. The lowest BCUT2D eigenvalue weighted by Gasteiger charge is -2.14. The van der Waals surface area contributed by atoms with Crippen molar-refractivity contribution >= 4 is 23.5 Å². The largest absolute Gasteiger partial charge is 0.454 e. The Morgan fingerprint density at radius 2 is 1.82 bits per heavy atom. The molecule has 0 unspecified atom stereocenters. The Labute approximate surface area is 170 Å². The van der Waals surface area contributed by atoms with Gasteiger partial charge in [-0.05, 0) is 75.5 Å². The number of ketones is 1. The van der Waals surface area contributed by atoms with E-state index >= 15 is 0 Å². The van der Waals surface area contributed by atoms with Gasteiger partial charge in [0.15, 0.2) is 11.3 Å². The van der Waals surface area contributed by atoms with Gasteiger partial charge in [-0.3, -0.25) is 9.59 Å². The minimum absolute atomic E-state index is 0.150. The summed E-state index contributed by atoms with van der Waals surface area (Å²) in [5.74, 6) is -0.530. The average molecular weight is 399 g/mol.